The van der Waals surface area contributed by atoms with E-state index in [2.05, 4.69) is 142 Å². The van der Waals surface area contributed by atoms with Crippen molar-refractivity contribution in [1.29, 1.82) is 0 Å². The minimum atomic E-state index is -0.788. The smallest absolute Gasteiger partial charge is 0.306 e. The number of hydrogen-bond acceptors (Lipinski definition) is 6. The van der Waals surface area contributed by atoms with Crippen LogP contribution >= 0.6 is 0 Å². The van der Waals surface area contributed by atoms with Crippen LogP contribution in [0.4, 0.5) is 0 Å². The molecule has 0 N–H and O–H groups in total. The predicted molar refractivity (Wildman–Crippen MR) is 362 cm³/mol. The van der Waals surface area contributed by atoms with Gasteiger partial charge in [-0.15, -0.1) is 0 Å². The van der Waals surface area contributed by atoms with Gasteiger partial charge in [-0.1, -0.05) is 296 Å². The molecule has 6 heteroatoms. The highest BCUT2D eigenvalue weighted by Crippen LogP contribution is 2.16. The Morgan fingerprint density at radius 1 is 0.253 bits per heavy atom. The fraction of sp³-hybridized carbons (Fsp3) is 0.701. The summed E-state index contributed by atoms with van der Waals surface area (Å²) in [5.74, 6) is -0.891. The molecule has 0 heterocycles. The van der Waals surface area contributed by atoms with Gasteiger partial charge in [-0.2, -0.15) is 0 Å². The molecule has 0 aromatic rings. The lowest BCUT2D eigenvalue weighted by Gasteiger charge is -2.18. The first-order valence-electron chi connectivity index (χ1n) is 35.0. The summed E-state index contributed by atoms with van der Waals surface area (Å²) in [6.45, 7) is 6.52. The zero-order valence-electron chi connectivity index (χ0n) is 54.4. The number of ether oxygens (including phenoxy) is 3. The molecule has 83 heavy (non-hydrogen) atoms. The number of hydrogen-bond donors (Lipinski definition) is 0. The zero-order chi connectivity index (χ0) is 59.9. The van der Waals surface area contributed by atoms with Crippen molar-refractivity contribution in [3.05, 3.63) is 122 Å². The maximum absolute atomic E-state index is 12.9. The molecule has 0 aliphatic rings. The van der Waals surface area contributed by atoms with E-state index in [1.54, 1.807) is 0 Å². The van der Waals surface area contributed by atoms with E-state index in [1.165, 1.54) is 173 Å². The normalized spacial score (nSPS) is 12.9. The number of carbonyl (C=O) groups is 3. The Balaban J connectivity index is 4.24. The van der Waals surface area contributed by atoms with Gasteiger partial charge >= 0.3 is 17.9 Å². The average Bonchev–Trinajstić information content (AvgIpc) is 3.49. The molecule has 0 bridgehead atoms. The monoisotopic (exact) mass is 1150 g/mol. The maximum atomic E-state index is 12.9. The fourth-order valence-electron chi connectivity index (χ4n) is 9.68. The van der Waals surface area contributed by atoms with E-state index < -0.39 is 6.10 Å². The maximum Gasteiger partial charge on any atom is 0.306 e. The van der Waals surface area contributed by atoms with Crippen molar-refractivity contribution < 1.29 is 28.6 Å². The van der Waals surface area contributed by atoms with Crippen LogP contribution < -0.4 is 0 Å². The molecule has 0 radical (unpaired) electrons. The van der Waals surface area contributed by atoms with Gasteiger partial charge in [0, 0.05) is 19.3 Å². The van der Waals surface area contributed by atoms with Gasteiger partial charge in [0.1, 0.15) is 13.2 Å². The highest BCUT2D eigenvalue weighted by molar-refractivity contribution is 5.71. The lowest BCUT2D eigenvalue weighted by molar-refractivity contribution is -0.167. The van der Waals surface area contributed by atoms with Crippen molar-refractivity contribution in [3.8, 4) is 0 Å². The lowest BCUT2D eigenvalue weighted by Crippen LogP contribution is -2.30. The van der Waals surface area contributed by atoms with Gasteiger partial charge in [0.15, 0.2) is 6.10 Å². The van der Waals surface area contributed by atoms with Crippen LogP contribution in [0.15, 0.2) is 122 Å². The van der Waals surface area contributed by atoms with Crippen LogP contribution in [0.5, 0.6) is 0 Å². The van der Waals surface area contributed by atoms with E-state index in [-0.39, 0.29) is 31.1 Å². The Bertz CT molecular complexity index is 1700. The third-order valence-electron chi connectivity index (χ3n) is 14.9. The van der Waals surface area contributed by atoms with Gasteiger partial charge in [-0.3, -0.25) is 14.4 Å². The Labute approximate surface area is 513 Å². The topological polar surface area (TPSA) is 78.9 Å². The van der Waals surface area contributed by atoms with E-state index >= 15 is 0 Å². The van der Waals surface area contributed by atoms with E-state index in [0.29, 0.717) is 19.3 Å². The fourth-order valence-corrected chi connectivity index (χ4v) is 9.68. The Hall–Kier alpha value is -4.19. The summed E-state index contributed by atoms with van der Waals surface area (Å²) in [4.78, 5) is 38.4. The van der Waals surface area contributed by atoms with Crippen LogP contribution in [0.1, 0.15) is 329 Å². The van der Waals surface area contributed by atoms with Crippen molar-refractivity contribution in [2.45, 2.75) is 335 Å². The summed E-state index contributed by atoms with van der Waals surface area (Å²) in [6.07, 6.45) is 97.9. The number of unbranched alkanes of at least 4 members (excludes halogenated alkanes) is 32. The van der Waals surface area contributed by atoms with Crippen molar-refractivity contribution in [1.82, 2.24) is 0 Å². The molecule has 1 unspecified atom stereocenters. The number of allylic oxidation sites excluding steroid dienone is 20. The van der Waals surface area contributed by atoms with Gasteiger partial charge in [0.05, 0.1) is 0 Å². The number of rotatable bonds is 63. The quantitative estimate of drug-likeness (QED) is 0.0261. The molecule has 1 atom stereocenters. The zero-order valence-corrected chi connectivity index (χ0v) is 54.4. The standard InChI is InChI=1S/C77H130O6/c1-4-7-10-13-16-19-22-25-27-29-30-31-32-33-34-35-36-37-38-39-40-41-42-43-44-45-46-48-49-52-55-58-61-64-67-70-76(79)82-73-74(72-81-75(78)69-66-63-60-57-54-51-24-21-18-15-12-9-6-3)83-77(80)71-68-65-62-59-56-53-50-47-28-26-23-20-17-14-11-8-5-2/h7,10,16,19,21,24-28,30-31,33-34,36-37,39-40,42-43,74H,4-6,8-9,11-15,17-18,20,22-23,29,32,35,38,41,44-73H2,1-3H3/b10-7-,19-16-,24-21-,27-25-,28-26-,31-30-,34-33-,37-36-,40-39-,43-42-. The summed E-state index contributed by atoms with van der Waals surface area (Å²) in [6, 6.07) is 0. The second-order valence-corrected chi connectivity index (χ2v) is 23.1. The molecule has 0 saturated carbocycles. The van der Waals surface area contributed by atoms with E-state index in [1.807, 2.05) is 0 Å². The highest BCUT2D eigenvalue weighted by atomic mass is 16.6. The van der Waals surface area contributed by atoms with Crippen LogP contribution in [0, 0.1) is 0 Å². The van der Waals surface area contributed by atoms with Crippen LogP contribution in [-0.4, -0.2) is 37.2 Å². The molecule has 0 aromatic heterocycles. The van der Waals surface area contributed by atoms with Crippen molar-refractivity contribution in [3.63, 3.8) is 0 Å². The first-order chi connectivity index (χ1) is 41.0. The van der Waals surface area contributed by atoms with Gasteiger partial charge in [0.25, 0.3) is 0 Å². The number of esters is 3. The summed E-state index contributed by atoms with van der Waals surface area (Å²) < 4.78 is 16.9. The van der Waals surface area contributed by atoms with Crippen LogP contribution in [0.2, 0.25) is 0 Å². The Kier molecular flexibility index (Phi) is 66.7. The molecule has 0 amide bonds. The number of carbonyl (C=O) groups excluding carboxylic acids is 3. The van der Waals surface area contributed by atoms with Crippen molar-refractivity contribution >= 4 is 17.9 Å². The van der Waals surface area contributed by atoms with Gasteiger partial charge < -0.3 is 14.2 Å². The summed E-state index contributed by atoms with van der Waals surface area (Å²) >= 11 is 0. The molecule has 0 rings (SSSR count). The van der Waals surface area contributed by atoms with Crippen molar-refractivity contribution in [2.24, 2.45) is 0 Å². The molecule has 0 aromatic carbocycles. The average molecular weight is 1150 g/mol. The molecular formula is C77H130O6. The molecule has 0 saturated heterocycles. The van der Waals surface area contributed by atoms with Crippen LogP contribution in [0.3, 0.4) is 0 Å². The molecule has 0 aliphatic heterocycles. The summed E-state index contributed by atoms with van der Waals surface area (Å²) in [7, 11) is 0. The largest absolute Gasteiger partial charge is 0.462 e. The Morgan fingerprint density at radius 3 is 0.759 bits per heavy atom. The molecule has 0 aliphatic carbocycles. The second-order valence-electron chi connectivity index (χ2n) is 23.1. The molecule has 0 spiro atoms. The molecule has 6 nitrogen and oxygen atoms in total. The van der Waals surface area contributed by atoms with E-state index in [4.69, 9.17) is 14.2 Å². The third-order valence-corrected chi connectivity index (χ3v) is 14.9. The minimum Gasteiger partial charge on any atom is -0.462 e. The SMILES string of the molecule is CC/C=C\C/C=C\C/C=C\C/C=C\C/C=C\C/C=C\C/C=C\C/C=C\CCCCCCCCCCCCC(=O)OCC(COC(=O)CCCCCCC/C=C\CCCCCC)OC(=O)CCCCCCCCC/C=C\CCCCCCCC. The second kappa shape index (κ2) is 70.3. The van der Waals surface area contributed by atoms with Crippen molar-refractivity contribution in [2.75, 3.05) is 13.2 Å². The predicted octanol–water partition coefficient (Wildman–Crippen LogP) is 24.3. The third kappa shape index (κ3) is 68.5. The molecule has 474 valence electrons. The van der Waals surface area contributed by atoms with Gasteiger partial charge in [-0.05, 0) is 135 Å². The van der Waals surface area contributed by atoms with Gasteiger partial charge in [0.2, 0.25) is 0 Å². The molecule has 0 fully saturated rings. The lowest BCUT2D eigenvalue weighted by atomic mass is 10.1. The molecular weight excluding hydrogens is 1020 g/mol. The first kappa shape index (κ1) is 78.8. The highest BCUT2D eigenvalue weighted by Gasteiger charge is 2.19. The van der Waals surface area contributed by atoms with E-state index in [9.17, 15) is 14.4 Å². The minimum absolute atomic E-state index is 0.0841. The van der Waals surface area contributed by atoms with Gasteiger partial charge in [-0.25, -0.2) is 0 Å². The van der Waals surface area contributed by atoms with E-state index in [0.717, 1.165) is 116 Å². The van der Waals surface area contributed by atoms with Crippen LogP contribution in [-0.2, 0) is 28.6 Å². The summed E-state index contributed by atoms with van der Waals surface area (Å²) in [5, 5.41) is 0. The van der Waals surface area contributed by atoms with Crippen LogP contribution in [0.25, 0.3) is 0 Å². The Morgan fingerprint density at radius 2 is 0.470 bits per heavy atom. The summed E-state index contributed by atoms with van der Waals surface area (Å²) in [5.41, 5.74) is 0. The first-order valence-corrected chi connectivity index (χ1v) is 35.0.